The minimum Gasteiger partial charge on any atom is -0.398 e. The van der Waals surface area contributed by atoms with E-state index in [1.807, 2.05) is 36.4 Å². The highest BCUT2D eigenvalue weighted by molar-refractivity contribution is 9.10. The molecule has 3 nitrogen and oxygen atoms in total. The zero-order chi connectivity index (χ0) is 15.0. The molecule has 0 spiro atoms. The monoisotopic (exact) mass is 381 g/mol. The number of nitrogens with one attached hydrogen (secondary N) is 1. The molecule has 0 saturated heterocycles. The molecule has 3 N–H and O–H groups in total. The first-order chi connectivity index (χ1) is 10.1. The summed E-state index contributed by atoms with van der Waals surface area (Å²) in [5, 5.41) is 5.06. The van der Waals surface area contributed by atoms with Crippen molar-refractivity contribution in [2.75, 3.05) is 11.1 Å². The SMILES string of the molecule is Nc1ccc(Nc2ccc(Br)c(Cl)c2Cl)c2ncccc12. The Bertz CT molecular complexity index is 837. The zero-order valence-electron chi connectivity index (χ0n) is 10.7. The first-order valence-corrected chi connectivity index (χ1v) is 7.66. The van der Waals surface area contributed by atoms with Gasteiger partial charge in [-0.05, 0) is 52.3 Å². The standard InChI is InChI=1S/C15H10BrCl2N3/c16-9-3-5-11(14(18)13(9)17)21-12-6-4-10(19)8-2-1-7-20-15(8)12/h1-7,21H,19H2. The lowest BCUT2D eigenvalue weighted by atomic mass is 10.1. The van der Waals surface area contributed by atoms with Crippen LogP contribution in [0.1, 0.15) is 0 Å². The van der Waals surface area contributed by atoms with Gasteiger partial charge in [-0.25, -0.2) is 0 Å². The van der Waals surface area contributed by atoms with Crippen molar-refractivity contribution < 1.29 is 0 Å². The van der Waals surface area contributed by atoms with Gasteiger partial charge in [0.15, 0.2) is 0 Å². The van der Waals surface area contributed by atoms with Crippen LogP contribution in [0.4, 0.5) is 17.1 Å². The van der Waals surface area contributed by atoms with E-state index in [1.165, 1.54) is 0 Å². The molecule has 0 saturated carbocycles. The van der Waals surface area contributed by atoms with Gasteiger partial charge < -0.3 is 11.1 Å². The van der Waals surface area contributed by atoms with Crippen molar-refractivity contribution in [3.05, 3.63) is 57.1 Å². The lowest BCUT2D eigenvalue weighted by Crippen LogP contribution is -1.96. The molecule has 6 heteroatoms. The van der Waals surface area contributed by atoms with E-state index in [-0.39, 0.29) is 0 Å². The van der Waals surface area contributed by atoms with Crippen LogP contribution < -0.4 is 11.1 Å². The highest BCUT2D eigenvalue weighted by atomic mass is 79.9. The predicted octanol–water partition coefficient (Wildman–Crippen LogP) is 5.63. The van der Waals surface area contributed by atoms with Gasteiger partial charge in [-0.1, -0.05) is 23.2 Å². The molecule has 0 unspecified atom stereocenters. The van der Waals surface area contributed by atoms with Gasteiger partial charge in [0.05, 0.1) is 26.9 Å². The number of fused-ring (bicyclic) bond motifs is 1. The fourth-order valence-electron chi connectivity index (χ4n) is 2.06. The molecule has 3 aromatic rings. The first kappa shape index (κ1) is 14.4. The summed E-state index contributed by atoms with van der Waals surface area (Å²) in [7, 11) is 0. The van der Waals surface area contributed by atoms with E-state index in [4.69, 9.17) is 28.9 Å². The van der Waals surface area contributed by atoms with Crippen LogP contribution in [0, 0.1) is 0 Å². The molecule has 0 aliphatic rings. The molecule has 1 aromatic heterocycles. The Labute approximate surface area is 140 Å². The van der Waals surface area contributed by atoms with E-state index in [2.05, 4.69) is 26.2 Å². The highest BCUT2D eigenvalue weighted by Crippen LogP contribution is 2.38. The summed E-state index contributed by atoms with van der Waals surface area (Å²) in [6, 6.07) is 11.2. The fourth-order valence-corrected chi connectivity index (χ4v) is 2.88. The Morgan fingerprint density at radius 3 is 2.57 bits per heavy atom. The molecule has 21 heavy (non-hydrogen) atoms. The Morgan fingerprint density at radius 2 is 1.76 bits per heavy atom. The number of nitrogen functional groups attached to an aromatic ring is 1. The van der Waals surface area contributed by atoms with Crippen molar-refractivity contribution in [2.45, 2.75) is 0 Å². The van der Waals surface area contributed by atoms with Gasteiger partial charge in [0.2, 0.25) is 0 Å². The van der Waals surface area contributed by atoms with Gasteiger partial charge in [-0.15, -0.1) is 0 Å². The van der Waals surface area contributed by atoms with E-state index in [1.54, 1.807) is 6.20 Å². The lowest BCUT2D eigenvalue weighted by Gasteiger charge is -2.13. The fraction of sp³-hybridized carbons (Fsp3) is 0. The smallest absolute Gasteiger partial charge is 0.0957 e. The number of halogens is 3. The van der Waals surface area contributed by atoms with Crippen LogP contribution in [-0.2, 0) is 0 Å². The number of benzene rings is 2. The van der Waals surface area contributed by atoms with Crippen molar-refractivity contribution in [1.82, 2.24) is 4.98 Å². The predicted molar refractivity (Wildman–Crippen MR) is 93.6 cm³/mol. The van der Waals surface area contributed by atoms with E-state index in [0.29, 0.717) is 21.4 Å². The van der Waals surface area contributed by atoms with Gasteiger partial charge in [-0.2, -0.15) is 0 Å². The van der Waals surface area contributed by atoms with Crippen LogP contribution in [0.5, 0.6) is 0 Å². The van der Waals surface area contributed by atoms with E-state index >= 15 is 0 Å². The Hall–Kier alpha value is -1.49. The number of rotatable bonds is 2. The van der Waals surface area contributed by atoms with Crippen LogP contribution in [-0.4, -0.2) is 4.98 Å². The molecule has 0 aliphatic heterocycles. The summed E-state index contributed by atoms with van der Waals surface area (Å²) in [4.78, 5) is 4.38. The second-order valence-corrected chi connectivity index (χ2v) is 6.06. The van der Waals surface area contributed by atoms with E-state index in [9.17, 15) is 0 Å². The second kappa shape index (κ2) is 5.72. The number of nitrogens with two attached hydrogens (primary N) is 1. The molecule has 0 bridgehead atoms. The average molecular weight is 383 g/mol. The molecular formula is C15H10BrCl2N3. The maximum Gasteiger partial charge on any atom is 0.0957 e. The largest absolute Gasteiger partial charge is 0.398 e. The Balaban J connectivity index is 2.11. The number of hydrogen-bond donors (Lipinski definition) is 2. The van der Waals surface area contributed by atoms with Crippen LogP contribution >= 0.6 is 39.1 Å². The maximum atomic E-state index is 6.26. The number of pyridine rings is 1. The summed E-state index contributed by atoms with van der Waals surface area (Å²) in [5.41, 5.74) is 8.97. The molecule has 0 fully saturated rings. The lowest BCUT2D eigenvalue weighted by molar-refractivity contribution is 1.40. The molecule has 0 atom stereocenters. The van der Waals surface area contributed by atoms with Gasteiger partial charge in [-0.3, -0.25) is 4.98 Å². The maximum absolute atomic E-state index is 6.26. The highest BCUT2D eigenvalue weighted by Gasteiger charge is 2.11. The normalized spacial score (nSPS) is 10.8. The van der Waals surface area contributed by atoms with Gasteiger partial charge in [0, 0.05) is 21.7 Å². The molecule has 2 aromatic carbocycles. The van der Waals surface area contributed by atoms with Crippen molar-refractivity contribution >= 4 is 67.1 Å². The van der Waals surface area contributed by atoms with E-state index in [0.717, 1.165) is 21.1 Å². The molecule has 106 valence electrons. The summed E-state index contributed by atoms with van der Waals surface area (Å²) in [6.07, 6.45) is 1.73. The third-order valence-electron chi connectivity index (χ3n) is 3.11. The van der Waals surface area contributed by atoms with Crippen molar-refractivity contribution in [3.63, 3.8) is 0 Å². The van der Waals surface area contributed by atoms with Crippen LogP contribution in [0.2, 0.25) is 10.0 Å². The molecule has 3 rings (SSSR count). The minimum absolute atomic E-state index is 0.451. The molecule has 0 amide bonds. The Morgan fingerprint density at radius 1 is 1.00 bits per heavy atom. The van der Waals surface area contributed by atoms with Crippen LogP contribution in [0.3, 0.4) is 0 Å². The number of nitrogens with zero attached hydrogens (tertiary/aromatic N) is 1. The summed E-state index contributed by atoms with van der Waals surface area (Å²) in [6.45, 7) is 0. The Kier molecular flexibility index (Phi) is 3.93. The topological polar surface area (TPSA) is 50.9 Å². The number of aromatic nitrogens is 1. The van der Waals surface area contributed by atoms with Crippen LogP contribution in [0.15, 0.2) is 47.1 Å². The van der Waals surface area contributed by atoms with Gasteiger partial charge >= 0.3 is 0 Å². The van der Waals surface area contributed by atoms with Crippen LogP contribution in [0.25, 0.3) is 10.9 Å². The number of anilines is 3. The van der Waals surface area contributed by atoms with Gasteiger partial charge in [0.1, 0.15) is 0 Å². The third kappa shape index (κ3) is 2.67. The quantitative estimate of drug-likeness (QED) is 0.446. The molecule has 0 aliphatic carbocycles. The number of hydrogen-bond acceptors (Lipinski definition) is 3. The first-order valence-electron chi connectivity index (χ1n) is 6.11. The summed E-state index contributed by atoms with van der Waals surface area (Å²) < 4.78 is 0.750. The van der Waals surface area contributed by atoms with Gasteiger partial charge in [0.25, 0.3) is 0 Å². The third-order valence-corrected chi connectivity index (χ3v) is 4.88. The second-order valence-electron chi connectivity index (χ2n) is 4.45. The minimum atomic E-state index is 0.451. The van der Waals surface area contributed by atoms with E-state index < -0.39 is 0 Å². The molecular weight excluding hydrogens is 373 g/mol. The zero-order valence-corrected chi connectivity index (χ0v) is 13.8. The van der Waals surface area contributed by atoms with Crippen molar-refractivity contribution in [1.29, 1.82) is 0 Å². The van der Waals surface area contributed by atoms with Crippen molar-refractivity contribution in [2.24, 2.45) is 0 Å². The average Bonchev–Trinajstić information content (AvgIpc) is 2.50. The molecule has 1 heterocycles. The summed E-state index contributed by atoms with van der Waals surface area (Å²) in [5.74, 6) is 0. The summed E-state index contributed by atoms with van der Waals surface area (Å²) >= 11 is 15.7. The molecule has 0 radical (unpaired) electrons. The van der Waals surface area contributed by atoms with Crippen molar-refractivity contribution in [3.8, 4) is 0 Å².